The molecule has 2 amide bonds. The maximum atomic E-state index is 12.3. The summed E-state index contributed by atoms with van der Waals surface area (Å²) in [6.07, 6.45) is 0. The van der Waals surface area contributed by atoms with Crippen LogP contribution in [0.1, 0.15) is 38.0 Å². The lowest BCUT2D eigenvalue weighted by molar-refractivity contribution is -0.117. The number of ketones is 1. The number of anilines is 1. The standard InChI is InChI=1S/C20H18N2O5/c1-2-27-20(26)13-7-9-14(10-8-13)21-11-15(23)12-22-18(24)16-5-3-4-6-17(16)19(22)25/h3-10,21H,2,11-12H2,1H3. The third-order valence-corrected chi connectivity index (χ3v) is 4.10. The molecule has 2 aromatic rings. The van der Waals surface area contributed by atoms with Gasteiger partial charge in [-0.25, -0.2) is 4.79 Å². The zero-order valence-electron chi connectivity index (χ0n) is 14.7. The molecule has 1 N–H and O–H groups in total. The number of nitrogens with one attached hydrogen (secondary N) is 1. The smallest absolute Gasteiger partial charge is 0.338 e. The van der Waals surface area contributed by atoms with Crippen LogP contribution in [0.3, 0.4) is 0 Å². The monoisotopic (exact) mass is 366 g/mol. The molecule has 0 saturated heterocycles. The summed E-state index contributed by atoms with van der Waals surface area (Å²) >= 11 is 0. The molecule has 1 heterocycles. The highest BCUT2D eigenvalue weighted by Gasteiger charge is 2.35. The van der Waals surface area contributed by atoms with E-state index < -0.39 is 17.8 Å². The van der Waals surface area contributed by atoms with E-state index in [4.69, 9.17) is 4.74 Å². The number of hydrogen-bond acceptors (Lipinski definition) is 6. The fraction of sp³-hybridized carbons (Fsp3) is 0.200. The Bertz CT molecular complexity index is 870. The third kappa shape index (κ3) is 3.87. The Morgan fingerprint density at radius 1 is 0.963 bits per heavy atom. The number of rotatable bonds is 7. The number of benzene rings is 2. The normalized spacial score (nSPS) is 12.7. The second-order valence-corrected chi connectivity index (χ2v) is 5.93. The first-order valence-electron chi connectivity index (χ1n) is 8.49. The highest BCUT2D eigenvalue weighted by Crippen LogP contribution is 2.22. The van der Waals surface area contributed by atoms with Crippen molar-refractivity contribution in [2.75, 3.05) is 25.0 Å². The van der Waals surface area contributed by atoms with Gasteiger partial charge in [-0.05, 0) is 43.3 Å². The van der Waals surface area contributed by atoms with Crippen molar-refractivity contribution in [1.29, 1.82) is 0 Å². The van der Waals surface area contributed by atoms with Crippen LogP contribution in [0.15, 0.2) is 48.5 Å². The van der Waals surface area contributed by atoms with Gasteiger partial charge in [0.2, 0.25) is 0 Å². The number of imide groups is 1. The van der Waals surface area contributed by atoms with Gasteiger partial charge in [0.25, 0.3) is 11.8 Å². The second-order valence-electron chi connectivity index (χ2n) is 5.93. The van der Waals surface area contributed by atoms with Crippen LogP contribution in [0.2, 0.25) is 0 Å². The van der Waals surface area contributed by atoms with Crippen molar-refractivity contribution >= 4 is 29.3 Å². The summed E-state index contributed by atoms with van der Waals surface area (Å²) in [7, 11) is 0. The van der Waals surface area contributed by atoms with Gasteiger partial charge in [0, 0.05) is 5.69 Å². The van der Waals surface area contributed by atoms with E-state index in [0.29, 0.717) is 29.0 Å². The van der Waals surface area contributed by atoms with Crippen LogP contribution in [0.25, 0.3) is 0 Å². The molecule has 3 rings (SSSR count). The SMILES string of the molecule is CCOC(=O)c1ccc(NCC(=O)CN2C(=O)c3ccccc3C2=O)cc1. The Morgan fingerprint density at radius 2 is 1.56 bits per heavy atom. The Labute approximate surface area is 155 Å². The predicted molar refractivity (Wildman–Crippen MR) is 97.7 cm³/mol. The predicted octanol–water partition coefficient (Wildman–Crippen LogP) is 2.14. The van der Waals surface area contributed by atoms with Crippen LogP contribution in [-0.2, 0) is 9.53 Å². The molecule has 27 heavy (non-hydrogen) atoms. The number of hydrogen-bond donors (Lipinski definition) is 1. The van der Waals surface area contributed by atoms with Crippen LogP contribution in [0.5, 0.6) is 0 Å². The molecule has 1 aliphatic heterocycles. The van der Waals surface area contributed by atoms with Gasteiger partial charge >= 0.3 is 5.97 Å². The van der Waals surface area contributed by atoms with E-state index in [1.54, 1.807) is 55.5 Å². The summed E-state index contributed by atoms with van der Waals surface area (Å²) in [4.78, 5) is 49.3. The van der Waals surface area contributed by atoms with Gasteiger partial charge < -0.3 is 10.1 Å². The topological polar surface area (TPSA) is 92.8 Å². The van der Waals surface area contributed by atoms with Crippen molar-refractivity contribution in [3.63, 3.8) is 0 Å². The summed E-state index contributed by atoms with van der Waals surface area (Å²) in [6.45, 7) is 1.69. The van der Waals surface area contributed by atoms with Gasteiger partial charge in [0.1, 0.15) is 0 Å². The van der Waals surface area contributed by atoms with Crippen LogP contribution < -0.4 is 5.32 Å². The minimum Gasteiger partial charge on any atom is -0.462 e. The molecular formula is C20H18N2O5. The number of carbonyl (C=O) groups excluding carboxylic acids is 4. The molecule has 0 radical (unpaired) electrons. The summed E-state index contributed by atoms with van der Waals surface area (Å²) in [5, 5.41) is 2.92. The maximum absolute atomic E-state index is 12.3. The molecule has 7 nitrogen and oxygen atoms in total. The average molecular weight is 366 g/mol. The van der Waals surface area contributed by atoms with E-state index in [1.165, 1.54) is 0 Å². The van der Waals surface area contributed by atoms with Gasteiger partial charge in [-0.2, -0.15) is 0 Å². The van der Waals surface area contributed by atoms with Gasteiger partial charge in [-0.3, -0.25) is 19.3 Å². The molecule has 0 unspecified atom stereocenters. The summed E-state index contributed by atoms with van der Waals surface area (Å²) in [6, 6.07) is 13.0. The lowest BCUT2D eigenvalue weighted by Crippen LogP contribution is -2.37. The number of esters is 1. The van der Waals surface area contributed by atoms with Crippen molar-refractivity contribution in [2.24, 2.45) is 0 Å². The van der Waals surface area contributed by atoms with E-state index in [-0.39, 0.29) is 18.9 Å². The van der Waals surface area contributed by atoms with Crippen molar-refractivity contribution < 1.29 is 23.9 Å². The summed E-state index contributed by atoms with van der Waals surface area (Å²) in [5.41, 5.74) is 1.69. The van der Waals surface area contributed by atoms with Gasteiger partial charge in [0.05, 0.1) is 36.4 Å². The first kappa shape index (κ1) is 18.3. The van der Waals surface area contributed by atoms with Crippen LogP contribution in [-0.4, -0.2) is 48.2 Å². The lowest BCUT2D eigenvalue weighted by Gasteiger charge is -2.13. The Balaban J connectivity index is 1.56. The van der Waals surface area contributed by atoms with E-state index in [9.17, 15) is 19.2 Å². The van der Waals surface area contributed by atoms with E-state index in [1.807, 2.05) is 0 Å². The molecule has 1 aliphatic rings. The number of Topliss-reactive ketones (excluding diaryl/α,β-unsaturated/α-hetero) is 1. The molecule has 138 valence electrons. The van der Waals surface area contributed by atoms with E-state index in [0.717, 1.165) is 4.90 Å². The molecular weight excluding hydrogens is 348 g/mol. The minimum absolute atomic E-state index is 0.0494. The number of amides is 2. The molecule has 0 fully saturated rings. The summed E-state index contributed by atoms with van der Waals surface area (Å²) in [5.74, 6) is -1.63. The zero-order chi connectivity index (χ0) is 19.4. The molecule has 0 saturated carbocycles. The van der Waals surface area contributed by atoms with E-state index >= 15 is 0 Å². The lowest BCUT2D eigenvalue weighted by atomic mass is 10.1. The van der Waals surface area contributed by atoms with Gasteiger partial charge in [-0.15, -0.1) is 0 Å². The maximum Gasteiger partial charge on any atom is 0.338 e. The second kappa shape index (κ2) is 7.82. The number of fused-ring (bicyclic) bond motifs is 1. The number of ether oxygens (including phenoxy) is 1. The highest BCUT2D eigenvalue weighted by atomic mass is 16.5. The average Bonchev–Trinajstić information content (AvgIpc) is 2.92. The number of carbonyl (C=O) groups is 4. The Kier molecular flexibility index (Phi) is 5.30. The van der Waals surface area contributed by atoms with Crippen molar-refractivity contribution in [3.8, 4) is 0 Å². The Hall–Kier alpha value is -3.48. The van der Waals surface area contributed by atoms with Gasteiger partial charge in [0.15, 0.2) is 5.78 Å². The highest BCUT2D eigenvalue weighted by molar-refractivity contribution is 6.22. The third-order valence-electron chi connectivity index (χ3n) is 4.10. The molecule has 7 heteroatoms. The first-order valence-corrected chi connectivity index (χ1v) is 8.49. The summed E-state index contributed by atoms with van der Waals surface area (Å²) < 4.78 is 4.90. The molecule has 0 bridgehead atoms. The van der Waals surface area contributed by atoms with Crippen LogP contribution in [0.4, 0.5) is 5.69 Å². The van der Waals surface area contributed by atoms with Gasteiger partial charge in [-0.1, -0.05) is 12.1 Å². The molecule has 0 aromatic heterocycles. The molecule has 0 aliphatic carbocycles. The molecule has 0 spiro atoms. The minimum atomic E-state index is -0.456. The Morgan fingerprint density at radius 3 is 2.11 bits per heavy atom. The van der Waals surface area contributed by atoms with Crippen molar-refractivity contribution in [1.82, 2.24) is 4.90 Å². The van der Waals surface area contributed by atoms with E-state index in [2.05, 4.69) is 5.32 Å². The molecule has 0 atom stereocenters. The zero-order valence-corrected chi connectivity index (χ0v) is 14.7. The largest absolute Gasteiger partial charge is 0.462 e. The van der Waals surface area contributed by atoms with Crippen LogP contribution in [0, 0.1) is 0 Å². The fourth-order valence-corrected chi connectivity index (χ4v) is 2.75. The van der Waals surface area contributed by atoms with Crippen LogP contribution >= 0.6 is 0 Å². The number of nitrogens with zero attached hydrogens (tertiary/aromatic N) is 1. The van der Waals surface area contributed by atoms with Crippen molar-refractivity contribution in [2.45, 2.75) is 6.92 Å². The van der Waals surface area contributed by atoms with Crippen molar-refractivity contribution in [3.05, 3.63) is 65.2 Å². The first-order chi connectivity index (χ1) is 13.0. The quantitative estimate of drug-likeness (QED) is 0.596. The molecule has 2 aromatic carbocycles. The fourth-order valence-electron chi connectivity index (χ4n) is 2.75.